The van der Waals surface area contributed by atoms with Crippen LogP contribution in [-0.4, -0.2) is 64.7 Å². The van der Waals surface area contributed by atoms with Crippen LogP contribution in [0.3, 0.4) is 0 Å². The fourth-order valence-corrected chi connectivity index (χ4v) is 4.22. The molecule has 0 bridgehead atoms. The van der Waals surface area contributed by atoms with Crippen molar-refractivity contribution in [2.45, 2.75) is 20.4 Å². The number of methoxy groups -OCH3 is 1. The quantitative estimate of drug-likeness (QED) is 0.608. The topological polar surface area (TPSA) is 76.8 Å². The van der Waals surface area contributed by atoms with Gasteiger partial charge in [0, 0.05) is 26.2 Å². The average molecular weight is 437 g/mol. The van der Waals surface area contributed by atoms with Crippen LogP contribution < -0.4 is 16.0 Å². The molecule has 8 nitrogen and oxygen atoms in total. The van der Waals surface area contributed by atoms with E-state index in [1.807, 2.05) is 13.0 Å². The van der Waals surface area contributed by atoms with Crippen LogP contribution in [0, 0.1) is 6.92 Å². The number of likely N-dealkylation sites (N-methyl/N-ethyl adjacent to an activating group) is 1. The zero-order chi connectivity index (χ0) is 22.8. The van der Waals surface area contributed by atoms with Crippen molar-refractivity contribution in [3.63, 3.8) is 0 Å². The average Bonchev–Trinajstić information content (AvgIpc) is 2.82. The molecule has 1 fully saturated rings. The van der Waals surface area contributed by atoms with E-state index in [4.69, 9.17) is 4.74 Å². The number of aryl methyl sites for hydroxylation is 1. The molecule has 0 unspecified atom stereocenters. The second-order valence-corrected chi connectivity index (χ2v) is 8.02. The Morgan fingerprint density at radius 3 is 2.44 bits per heavy atom. The van der Waals surface area contributed by atoms with E-state index in [0.717, 1.165) is 29.8 Å². The van der Waals surface area contributed by atoms with Gasteiger partial charge in [0.1, 0.15) is 12.3 Å². The molecule has 1 aliphatic rings. The predicted octanol–water partition coefficient (Wildman–Crippen LogP) is 1.63. The molecular formula is C24H28N4O4. The number of amides is 1. The molecule has 168 valence electrons. The van der Waals surface area contributed by atoms with Gasteiger partial charge in [0.2, 0.25) is 5.91 Å². The van der Waals surface area contributed by atoms with E-state index in [0.29, 0.717) is 35.4 Å². The third-order valence-electron chi connectivity index (χ3n) is 6.09. The number of nitrogens with zero attached hydrogens (tertiary/aromatic N) is 4. The number of hydrogen-bond donors (Lipinski definition) is 0. The van der Waals surface area contributed by atoms with Gasteiger partial charge in [-0.25, -0.2) is 9.36 Å². The normalized spacial score (nSPS) is 14.7. The lowest BCUT2D eigenvalue weighted by Gasteiger charge is -2.34. The maximum absolute atomic E-state index is 13.6. The van der Waals surface area contributed by atoms with Crippen molar-refractivity contribution in [3.05, 3.63) is 68.9 Å². The monoisotopic (exact) mass is 436 g/mol. The van der Waals surface area contributed by atoms with Crippen LogP contribution in [0.1, 0.15) is 12.5 Å². The summed E-state index contributed by atoms with van der Waals surface area (Å²) in [6.45, 7) is 7.71. The van der Waals surface area contributed by atoms with Crippen LogP contribution in [0.4, 0.5) is 0 Å². The molecule has 1 aliphatic heterocycles. The van der Waals surface area contributed by atoms with Crippen molar-refractivity contribution in [1.29, 1.82) is 0 Å². The lowest BCUT2D eigenvalue weighted by Crippen LogP contribution is -2.50. The number of para-hydroxylation sites is 2. The number of carbonyl (C=O) groups is 1. The van der Waals surface area contributed by atoms with Gasteiger partial charge < -0.3 is 14.5 Å². The first kappa shape index (κ1) is 21.8. The van der Waals surface area contributed by atoms with Gasteiger partial charge in [0.05, 0.1) is 23.7 Å². The van der Waals surface area contributed by atoms with E-state index in [1.165, 1.54) is 11.7 Å². The Kier molecular flexibility index (Phi) is 6.14. The highest BCUT2D eigenvalue weighted by Gasteiger charge is 2.23. The summed E-state index contributed by atoms with van der Waals surface area (Å²) < 4.78 is 7.89. The second-order valence-electron chi connectivity index (χ2n) is 8.02. The zero-order valence-corrected chi connectivity index (χ0v) is 18.7. The summed E-state index contributed by atoms with van der Waals surface area (Å²) >= 11 is 0. The molecular weight excluding hydrogens is 408 g/mol. The fraction of sp³-hybridized carbons (Fsp3) is 0.375. The van der Waals surface area contributed by atoms with Crippen LogP contribution in [-0.2, 0) is 11.3 Å². The summed E-state index contributed by atoms with van der Waals surface area (Å²) in [6.07, 6.45) is 0. The van der Waals surface area contributed by atoms with E-state index >= 15 is 0 Å². The van der Waals surface area contributed by atoms with Crippen molar-refractivity contribution in [2.75, 3.05) is 39.8 Å². The molecule has 1 saturated heterocycles. The number of ether oxygens (including phenoxy) is 1. The van der Waals surface area contributed by atoms with Crippen LogP contribution in [0.5, 0.6) is 5.75 Å². The van der Waals surface area contributed by atoms with Gasteiger partial charge >= 0.3 is 5.69 Å². The summed E-state index contributed by atoms with van der Waals surface area (Å²) in [7, 11) is 1.49. The molecule has 0 N–H and O–H groups in total. The first-order valence-corrected chi connectivity index (χ1v) is 10.8. The molecule has 2 heterocycles. The minimum Gasteiger partial charge on any atom is -0.495 e. The molecule has 0 saturated carbocycles. The van der Waals surface area contributed by atoms with Gasteiger partial charge in [-0.3, -0.25) is 14.2 Å². The van der Waals surface area contributed by atoms with E-state index in [-0.39, 0.29) is 12.5 Å². The highest BCUT2D eigenvalue weighted by Crippen LogP contribution is 2.21. The third kappa shape index (κ3) is 3.93. The van der Waals surface area contributed by atoms with E-state index in [2.05, 4.69) is 11.8 Å². The highest BCUT2D eigenvalue weighted by atomic mass is 16.5. The maximum Gasteiger partial charge on any atom is 0.336 e. The lowest BCUT2D eigenvalue weighted by atomic mass is 10.1. The molecule has 3 aromatic rings. The lowest BCUT2D eigenvalue weighted by molar-refractivity contribution is -0.133. The van der Waals surface area contributed by atoms with Gasteiger partial charge in [-0.1, -0.05) is 30.7 Å². The fourth-order valence-electron chi connectivity index (χ4n) is 4.22. The Labute approximate surface area is 186 Å². The Hall–Kier alpha value is -3.39. The number of piperazine rings is 1. The van der Waals surface area contributed by atoms with Gasteiger partial charge in [-0.2, -0.15) is 0 Å². The number of fused-ring (bicyclic) bond motifs is 1. The molecule has 0 aliphatic carbocycles. The van der Waals surface area contributed by atoms with Crippen molar-refractivity contribution < 1.29 is 9.53 Å². The number of benzene rings is 2. The van der Waals surface area contributed by atoms with Crippen LogP contribution in [0.25, 0.3) is 16.6 Å². The van der Waals surface area contributed by atoms with Crippen molar-refractivity contribution in [2.24, 2.45) is 0 Å². The largest absolute Gasteiger partial charge is 0.495 e. The van der Waals surface area contributed by atoms with Crippen LogP contribution in [0.2, 0.25) is 0 Å². The first-order chi connectivity index (χ1) is 15.4. The molecule has 0 spiro atoms. The maximum atomic E-state index is 13.6. The molecule has 0 atom stereocenters. The van der Waals surface area contributed by atoms with Gasteiger partial charge in [-0.15, -0.1) is 0 Å². The molecule has 8 heteroatoms. The summed E-state index contributed by atoms with van der Waals surface area (Å²) in [4.78, 5) is 44.1. The van der Waals surface area contributed by atoms with E-state index in [1.54, 1.807) is 41.3 Å². The van der Waals surface area contributed by atoms with Gasteiger partial charge in [0.15, 0.2) is 0 Å². The zero-order valence-electron chi connectivity index (χ0n) is 18.7. The Balaban J connectivity index is 1.84. The van der Waals surface area contributed by atoms with Crippen molar-refractivity contribution >= 4 is 16.8 Å². The van der Waals surface area contributed by atoms with E-state index < -0.39 is 11.2 Å². The number of hydrogen-bond acceptors (Lipinski definition) is 5. The standard InChI is InChI=1S/C24H28N4O4/c1-4-25-11-13-26(14-12-25)22(29)16-27-19-10-9-17(2)15-18(19)23(30)28(24(27)31)20-7-5-6-8-21(20)32-3/h5-10,15H,4,11-14,16H2,1-3H3. The summed E-state index contributed by atoms with van der Waals surface area (Å²) in [5.41, 5.74) is 0.715. The van der Waals surface area contributed by atoms with Crippen molar-refractivity contribution in [3.8, 4) is 11.4 Å². The first-order valence-electron chi connectivity index (χ1n) is 10.8. The number of carbonyl (C=O) groups excluding carboxylic acids is 1. The molecule has 1 amide bonds. The van der Waals surface area contributed by atoms with Gasteiger partial charge in [-0.05, 0) is 37.7 Å². The van der Waals surface area contributed by atoms with Crippen LogP contribution >= 0.6 is 0 Å². The van der Waals surface area contributed by atoms with Crippen molar-refractivity contribution in [1.82, 2.24) is 18.9 Å². The van der Waals surface area contributed by atoms with Gasteiger partial charge in [0.25, 0.3) is 5.56 Å². The molecule has 0 radical (unpaired) electrons. The smallest absolute Gasteiger partial charge is 0.336 e. The molecule has 4 rings (SSSR count). The molecule has 2 aromatic carbocycles. The Morgan fingerprint density at radius 2 is 1.75 bits per heavy atom. The molecule has 32 heavy (non-hydrogen) atoms. The predicted molar refractivity (Wildman–Crippen MR) is 124 cm³/mol. The summed E-state index contributed by atoms with van der Waals surface area (Å²) in [6, 6.07) is 12.2. The summed E-state index contributed by atoms with van der Waals surface area (Å²) in [5, 5.41) is 0.388. The highest BCUT2D eigenvalue weighted by molar-refractivity contribution is 5.82. The van der Waals surface area contributed by atoms with Crippen LogP contribution in [0.15, 0.2) is 52.1 Å². The number of aromatic nitrogens is 2. The second kappa shape index (κ2) is 9.00. The molecule has 1 aromatic heterocycles. The van der Waals surface area contributed by atoms with E-state index in [9.17, 15) is 14.4 Å². The summed E-state index contributed by atoms with van der Waals surface area (Å²) in [5.74, 6) is 0.280. The Bertz CT molecular complexity index is 1270. The Morgan fingerprint density at radius 1 is 1.03 bits per heavy atom. The minimum atomic E-state index is -0.559. The third-order valence-corrected chi connectivity index (χ3v) is 6.09. The minimum absolute atomic E-state index is 0.125. The number of rotatable bonds is 5. The SMILES string of the molecule is CCN1CCN(C(=O)Cn2c(=O)n(-c3ccccc3OC)c(=O)c3cc(C)ccc32)CC1.